The lowest BCUT2D eigenvalue weighted by molar-refractivity contribution is 0.620. The summed E-state index contributed by atoms with van der Waals surface area (Å²) in [5.41, 5.74) is 14.2. The van der Waals surface area contributed by atoms with Crippen LogP contribution in [-0.2, 0) is 0 Å². The summed E-state index contributed by atoms with van der Waals surface area (Å²) in [4.78, 5) is 5.23. The first-order valence-electron chi connectivity index (χ1n) is 20.7. The minimum atomic E-state index is 0.569. The number of hydrogen-bond donors (Lipinski definition) is 0. The highest BCUT2D eigenvalue weighted by Crippen LogP contribution is 2.43. The normalized spacial score (nSPS) is 11.9. The lowest BCUT2D eigenvalue weighted by atomic mass is 9.95. The molecule has 4 heteroatoms. The minimum Gasteiger partial charge on any atom is -0.456 e. The first-order valence-corrected chi connectivity index (χ1v) is 20.7. The standard InChI is InChI=1S/C57H34N2O2/c1-2-14-42(15-3-1)59-50-33-41(30-31-46(50)47-32-29-37-12-5-7-17-45(37)55(47)59)35-21-27-40(28-22-35)57-58-54-53-48-18-8-9-20-51(48)60-52(53)34-49(56(54)61-57)39-25-23-38(24-26-39)44-19-10-13-36-11-4-6-16-43(36)44/h1-34H. The zero-order valence-electron chi connectivity index (χ0n) is 32.8. The Morgan fingerprint density at radius 2 is 1.00 bits per heavy atom. The van der Waals surface area contributed by atoms with Crippen molar-refractivity contribution in [1.82, 2.24) is 9.55 Å². The molecule has 13 rings (SSSR count). The maximum atomic E-state index is 6.82. The summed E-state index contributed by atoms with van der Waals surface area (Å²) >= 11 is 0. The van der Waals surface area contributed by atoms with Crippen molar-refractivity contribution in [2.45, 2.75) is 0 Å². The number of oxazole rings is 1. The molecule has 0 amide bonds. The van der Waals surface area contributed by atoms with Crippen LogP contribution in [0.25, 0.3) is 127 Å². The van der Waals surface area contributed by atoms with Gasteiger partial charge in [-0.15, -0.1) is 0 Å². The van der Waals surface area contributed by atoms with E-state index in [9.17, 15) is 0 Å². The molecule has 0 spiro atoms. The van der Waals surface area contributed by atoms with Gasteiger partial charge in [0.25, 0.3) is 0 Å². The van der Waals surface area contributed by atoms with E-state index in [2.05, 4.69) is 193 Å². The van der Waals surface area contributed by atoms with Crippen molar-refractivity contribution in [3.8, 4) is 50.5 Å². The molecule has 4 nitrogen and oxygen atoms in total. The maximum Gasteiger partial charge on any atom is 0.227 e. The van der Waals surface area contributed by atoms with Gasteiger partial charge >= 0.3 is 0 Å². The smallest absolute Gasteiger partial charge is 0.227 e. The zero-order chi connectivity index (χ0) is 40.0. The molecule has 10 aromatic carbocycles. The number of aromatic nitrogens is 2. The molecule has 3 heterocycles. The van der Waals surface area contributed by atoms with Gasteiger partial charge in [-0.05, 0) is 86.4 Å². The summed E-state index contributed by atoms with van der Waals surface area (Å²) in [6.45, 7) is 0. The molecule has 0 atom stereocenters. The largest absolute Gasteiger partial charge is 0.456 e. The van der Waals surface area contributed by atoms with Crippen LogP contribution in [0.4, 0.5) is 0 Å². The number of furan rings is 1. The fraction of sp³-hybridized carbons (Fsp3) is 0. The van der Waals surface area contributed by atoms with E-state index in [0.29, 0.717) is 5.89 Å². The second-order valence-corrected chi connectivity index (χ2v) is 15.9. The van der Waals surface area contributed by atoms with E-state index in [0.717, 1.165) is 72.1 Å². The molecule has 0 saturated heterocycles. The van der Waals surface area contributed by atoms with Crippen LogP contribution in [0.3, 0.4) is 0 Å². The summed E-state index contributed by atoms with van der Waals surface area (Å²) in [5, 5.41) is 9.39. The summed E-state index contributed by atoms with van der Waals surface area (Å²) in [7, 11) is 0. The molecule has 284 valence electrons. The molecule has 0 aliphatic rings. The van der Waals surface area contributed by atoms with Crippen molar-refractivity contribution < 1.29 is 8.83 Å². The van der Waals surface area contributed by atoms with Gasteiger partial charge in [0.1, 0.15) is 16.7 Å². The van der Waals surface area contributed by atoms with Crippen LogP contribution in [0.1, 0.15) is 0 Å². The molecule has 0 unspecified atom stereocenters. The van der Waals surface area contributed by atoms with Crippen molar-refractivity contribution in [3.05, 3.63) is 206 Å². The molecule has 0 bridgehead atoms. The highest BCUT2D eigenvalue weighted by molar-refractivity contribution is 6.21. The van der Waals surface area contributed by atoms with E-state index in [1.807, 2.05) is 18.2 Å². The first kappa shape index (κ1) is 33.7. The molecule has 0 radical (unpaired) electrons. The third-order valence-corrected chi connectivity index (χ3v) is 12.4. The molecule has 0 fully saturated rings. The summed E-state index contributed by atoms with van der Waals surface area (Å²) in [5.74, 6) is 0.569. The van der Waals surface area contributed by atoms with Gasteiger partial charge in [-0.1, -0.05) is 164 Å². The van der Waals surface area contributed by atoms with Crippen molar-refractivity contribution in [3.63, 3.8) is 0 Å². The number of benzene rings is 10. The van der Waals surface area contributed by atoms with Gasteiger partial charge in [0.05, 0.1) is 16.4 Å². The van der Waals surface area contributed by atoms with Gasteiger partial charge in [-0.3, -0.25) is 0 Å². The Bertz CT molecular complexity index is 3850. The average molecular weight is 779 g/mol. The molecule has 0 aliphatic carbocycles. The fourth-order valence-corrected chi connectivity index (χ4v) is 9.53. The number of fused-ring (bicyclic) bond motifs is 11. The van der Waals surface area contributed by atoms with Gasteiger partial charge in [-0.2, -0.15) is 0 Å². The van der Waals surface area contributed by atoms with E-state index < -0.39 is 0 Å². The molecule has 0 N–H and O–H groups in total. The second-order valence-electron chi connectivity index (χ2n) is 15.9. The fourth-order valence-electron chi connectivity index (χ4n) is 9.53. The molecule has 0 aliphatic heterocycles. The van der Waals surface area contributed by atoms with Crippen LogP contribution < -0.4 is 0 Å². The molecule has 61 heavy (non-hydrogen) atoms. The van der Waals surface area contributed by atoms with Crippen molar-refractivity contribution in [2.24, 2.45) is 0 Å². The molecule has 3 aromatic heterocycles. The minimum absolute atomic E-state index is 0.569. The third-order valence-electron chi connectivity index (χ3n) is 12.4. The predicted molar refractivity (Wildman–Crippen MR) is 252 cm³/mol. The molecule has 13 aromatic rings. The number of hydrogen-bond acceptors (Lipinski definition) is 3. The van der Waals surface area contributed by atoms with Crippen LogP contribution in [0.5, 0.6) is 0 Å². The Morgan fingerprint density at radius 3 is 1.82 bits per heavy atom. The Labute approximate surface area is 350 Å². The Kier molecular flexibility index (Phi) is 7.27. The third kappa shape index (κ3) is 5.22. The maximum absolute atomic E-state index is 6.82. The first-order chi connectivity index (χ1) is 30.2. The predicted octanol–water partition coefficient (Wildman–Crippen LogP) is 15.8. The molecule has 0 saturated carbocycles. The highest BCUT2D eigenvalue weighted by atomic mass is 16.4. The Balaban J connectivity index is 0.929. The summed E-state index contributed by atoms with van der Waals surface area (Å²) in [6.07, 6.45) is 0. The van der Waals surface area contributed by atoms with Crippen molar-refractivity contribution in [2.75, 3.05) is 0 Å². The Morgan fingerprint density at radius 1 is 0.377 bits per heavy atom. The van der Waals surface area contributed by atoms with Crippen LogP contribution >= 0.6 is 0 Å². The quantitative estimate of drug-likeness (QED) is 0.175. The van der Waals surface area contributed by atoms with Crippen molar-refractivity contribution in [1.29, 1.82) is 0 Å². The summed E-state index contributed by atoms with van der Waals surface area (Å²) in [6, 6.07) is 73.3. The number of nitrogens with zero attached hydrogens (tertiary/aromatic N) is 2. The van der Waals surface area contributed by atoms with E-state index in [1.165, 1.54) is 48.9 Å². The average Bonchev–Trinajstić information content (AvgIpc) is 4.04. The van der Waals surface area contributed by atoms with Crippen LogP contribution in [0, 0.1) is 0 Å². The van der Waals surface area contributed by atoms with Gasteiger partial charge in [0.15, 0.2) is 5.58 Å². The van der Waals surface area contributed by atoms with E-state index >= 15 is 0 Å². The zero-order valence-corrected chi connectivity index (χ0v) is 32.8. The topological polar surface area (TPSA) is 44.1 Å². The molecular weight excluding hydrogens is 745 g/mol. The van der Waals surface area contributed by atoms with Gasteiger partial charge in [0.2, 0.25) is 5.89 Å². The lowest BCUT2D eigenvalue weighted by Gasteiger charge is -2.10. The van der Waals surface area contributed by atoms with E-state index in [-0.39, 0.29) is 0 Å². The number of para-hydroxylation sites is 2. The highest BCUT2D eigenvalue weighted by Gasteiger charge is 2.22. The SMILES string of the molecule is c1ccc(-n2c3cc(-c4ccc(-c5nc6c(o5)c(-c5ccc(-c7cccc8ccccc78)cc5)cc5oc7ccccc7c56)cc4)ccc3c3ccc4ccccc4c32)cc1. The summed E-state index contributed by atoms with van der Waals surface area (Å²) < 4.78 is 15.7. The van der Waals surface area contributed by atoms with Crippen LogP contribution in [0.2, 0.25) is 0 Å². The van der Waals surface area contributed by atoms with Crippen molar-refractivity contribution >= 4 is 76.4 Å². The van der Waals surface area contributed by atoms with Gasteiger partial charge in [-0.25, -0.2) is 4.98 Å². The van der Waals surface area contributed by atoms with Gasteiger partial charge in [0, 0.05) is 38.4 Å². The Hall–Kier alpha value is -8.21. The van der Waals surface area contributed by atoms with Gasteiger partial charge < -0.3 is 13.4 Å². The van der Waals surface area contributed by atoms with Crippen LogP contribution in [-0.4, -0.2) is 9.55 Å². The molecular formula is C57H34N2O2. The van der Waals surface area contributed by atoms with E-state index in [1.54, 1.807) is 0 Å². The van der Waals surface area contributed by atoms with E-state index in [4.69, 9.17) is 13.8 Å². The monoisotopic (exact) mass is 778 g/mol. The number of rotatable bonds is 5. The lowest BCUT2D eigenvalue weighted by Crippen LogP contribution is -1.94. The second kappa shape index (κ2) is 13.2. The van der Waals surface area contributed by atoms with Crippen LogP contribution in [0.15, 0.2) is 215 Å².